The highest BCUT2D eigenvalue weighted by molar-refractivity contribution is 5.84. The normalized spacial score (nSPS) is 11.2. The Bertz CT molecular complexity index is 601. The largest absolute Gasteiger partial charge is 0.358 e. The molecule has 3 nitrogen and oxygen atoms in total. The van der Waals surface area contributed by atoms with Crippen LogP contribution in [0.5, 0.6) is 0 Å². The molecule has 0 saturated carbocycles. The number of H-pyrrole nitrogens is 1. The van der Waals surface area contributed by atoms with Gasteiger partial charge in [-0.2, -0.15) is 0 Å². The van der Waals surface area contributed by atoms with Crippen LogP contribution in [0.2, 0.25) is 0 Å². The Kier molecular flexibility index (Phi) is 3.88. The first-order chi connectivity index (χ1) is 8.99. The van der Waals surface area contributed by atoms with Crippen LogP contribution in [-0.2, 0) is 11.2 Å². The van der Waals surface area contributed by atoms with Crippen LogP contribution in [0.15, 0.2) is 18.2 Å². The summed E-state index contributed by atoms with van der Waals surface area (Å²) in [6.07, 6.45) is 0.702. The standard InChI is InChI=1S/C15H19FN2O/c1-9(2)15(19)17-7-6-12-10(3)18-14-5-4-11(16)8-13(12)14/h4-5,8-9,18H,6-7H2,1-3H3,(H,17,19). The maximum atomic E-state index is 13.3. The summed E-state index contributed by atoms with van der Waals surface area (Å²) in [5, 5.41) is 3.78. The van der Waals surface area contributed by atoms with Crippen molar-refractivity contribution in [1.82, 2.24) is 10.3 Å². The second-order valence-corrected chi connectivity index (χ2v) is 5.11. The average Bonchev–Trinajstić information content (AvgIpc) is 2.65. The van der Waals surface area contributed by atoms with Crippen molar-refractivity contribution in [3.8, 4) is 0 Å². The highest BCUT2D eigenvalue weighted by Crippen LogP contribution is 2.23. The molecule has 0 aliphatic rings. The first-order valence-corrected chi connectivity index (χ1v) is 6.53. The third kappa shape index (κ3) is 2.95. The summed E-state index contributed by atoms with van der Waals surface area (Å²) in [6, 6.07) is 4.73. The fourth-order valence-electron chi connectivity index (χ4n) is 2.19. The Hall–Kier alpha value is -1.84. The maximum Gasteiger partial charge on any atom is 0.222 e. The summed E-state index contributed by atoms with van der Waals surface area (Å²) in [6.45, 7) is 6.27. The van der Waals surface area contributed by atoms with E-state index in [1.807, 2.05) is 20.8 Å². The van der Waals surface area contributed by atoms with E-state index in [0.717, 1.165) is 22.2 Å². The van der Waals surface area contributed by atoms with Crippen molar-refractivity contribution >= 4 is 16.8 Å². The van der Waals surface area contributed by atoms with Crippen molar-refractivity contribution in [2.24, 2.45) is 5.92 Å². The SMILES string of the molecule is Cc1[nH]c2ccc(F)cc2c1CCNC(=O)C(C)C. The number of hydrogen-bond acceptors (Lipinski definition) is 1. The molecule has 19 heavy (non-hydrogen) atoms. The van der Waals surface area contributed by atoms with E-state index in [9.17, 15) is 9.18 Å². The lowest BCUT2D eigenvalue weighted by molar-refractivity contribution is -0.123. The lowest BCUT2D eigenvalue weighted by atomic mass is 10.1. The summed E-state index contributed by atoms with van der Waals surface area (Å²) in [5.41, 5.74) is 3.03. The van der Waals surface area contributed by atoms with E-state index in [0.29, 0.717) is 13.0 Å². The van der Waals surface area contributed by atoms with E-state index < -0.39 is 0 Å². The van der Waals surface area contributed by atoms with Gasteiger partial charge in [0.25, 0.3) is 0 Å². The number of aromatic nitrogens is 1. The molecule has 2 rings (SSSR count). The molecule has 4 heteroatoms. The van der Waals surface area contributed by atoms with Crippen LogP contribution < -0.4 is 5.32 Å². The minimum absolute atomic E-state index is 0.0125. The lowest BCUT2D eigenvalue weighted by Crippen LogP contribution is -2.29. The summed E-state index contributed by atoms with van der Waals surface area (Å²) in [5.74, 6) is -0.204. The molecule has 0 saturated heterocycles. The second kappa shape index (κ2) is 5.43. The number of rotatable bonds is 4. The molecule has 0 fully saturated rings. The molecule has 1 amide bonds. The Morgan fingerprint density at radius 1 is 1.42 bits per heavy atom. The molecular formula is C15H19FN2O. The quantitative estimate of drug-likeness (QED) is 0.874. The first kappa shape index (κ1) is 13.6. The van der Waals surface area contributed by atoms with E-state index >= 15 is 0 Å². The van der Waals surface area contributed by atoms with Gasteiger partial charge >= 0.3 is 0 Å². The Labute approximate surface area is 112 Å². The van der Waals surface area contributed by atoms with Crippen LogP contribution in [0.4, 0.5) is 4.39 Å². The topological polar surface area (TPSA) is 44.9 Å². The number of hydrogen-bond donors (Lipinski definition) is 2. The van der Waals surface area contributed by atoms with Gasteiger partial charge in [-0.25, -0.2) is 4.39 Å². The average molecular weight is 262 g/mol. The van der Waals surface area contributed by atoms with Gasteiger partial charge in [-0.15, -0.1) is 0 Å². The predicted octanol–water partition coefficient (Wildman–Crippen LogP) is 2.93. The molecule has 0 unspecified atom stereocenters. The van der Waals surface area contributed by atoms with Crippen LogP contribution >= 0.6 is 0 Å². The molecule has 0 aliphatic heterocycles. The third-order valence-electron chi connectivity index (χ3n) is 3.28. The van der Waals surface area contributed by atoms with E-state index in [1.165, 1.54) is 6.07 Å². The van der Waals surface area contributed by atoms with Gasteiger partial charge < -0.3 is 10.3 Å². The van der Waals surface area contributed by atoms with Crippen molar-refractivity contribution in [3.05, 3.63) is 35.3 Å². The van der Waals surface area contributed by atoms with Gasteiger partial charge in [-0.05, 0) is 37.1 Å². The minimum atomic E-state index is -0.237. The van der Waals surface area contributed by atoms with Gasteiger partial charge in [0.15, 0.2) is 0 Å². The summed E-state index contributed by atoms with van der Waals surface area (Å²) < 4.78 is 13.3. The number of aromatic amines is 1. The van der Waals surface area contributed by atoms with Gasteiger partial charge in [0.1, 0.15) is 5.82 Å². The molecule has 0 spiro atoms. The summed E-state index contributed by atoms with van der Waals surface area (Å²) >= 11 is 0. The van der Waals surface area contributed by atoms with E-state index in [-0.39, 0.29) is 17.6 Å². The van der Waals surface area contributed by atoms with E-state index in [2.05, 4.69) is 10.3 Å². The summed E-state index contributed by atoms with van der Waals surface area (Å²) in [4.78, 5) is 14.7. The number of aryl methyl sites for hydroxylation is 1. The molecule has 2 N–H and O–H groups in total. The van der Waals surface area contributed by atoms with Gasteiger partial charge in [-0.1, -0.05) is 13.8 Å². The zero-order chi connectivity index (χ0) is 14.0. The molecule has 0 aliphatic carbocycles. The number of carbonyl (C=O) groups excluding carboxylic acids is 1. The van der Waals surface area contributed by atoms with Crippen LogP contribution in [0.1, 0.15) is 25.1 Å². The zero-order valence-electron chi connectivity index (χ0n) is 11.5. The minimum Gasteiger partial charge on any atom is -0.358 e. The Morgan fingerprint density at radius 2 is 2.16 bits per heavy atom. The molecule has 1 heterocycles. The molecule has 0 atom stereocenters. The predicted molar refractivity (Wildman–Crippen MR) is 74.5 cm³/mol. The molecule has 1 aromatic carbocycles. The van der Waals surface area contributed by atoms with E-state index in [4.69, 9.17) is 0 Å². The van der Waals surface area contributed by atoms with Crippen molar-refractivity contribution in [1.29, 1.82) is 0 Å². The third-order valence-corrected chi connectivity index (χ3v) is 3.28. The smallest absolute Gasteiger partial charge is 0.222 e. The number of nitrogens with one attached hydrogen (secondary N) is 2. The monoisotopic (exact) mass is 262 g/mol. The number of halogens is 1. The zero-order valence-corrected chi connectivity index (χ0v) is 11.5. The number of carbonyl (C=O) groups is 1. The van der Waals surface area contributed by atoms with Gasteiger partial charge in [0, 0.05) is 29.1 Å². The maximum absolute atomic E-state index is 13.3. The number of fused-ring (bicyclic) bond motifs is 1. The van der Waals surface area contributed by atoms with Gasteiger partial charge in [0.2, 0.25) is 5.91 Å². The Balaban J connectivity index is 2.14. The number of benzene rings is 1. The fraction of sp³-hybridized carbons (Fsp3) is 0.400. The van der Waals surface area contributed by atoms with Crippen LogP contribution in [0.3, 0.4) is 0 Å². The second-order valence-electron chi connectivity index (χ2n) is 5.11. The van der Waals surface area contributed by atoms with Crippen LogP contribution in [0.25, 0.3) is 10.9 Å². The van der Waals surface area contributed by atoms with Crippen molar-refractivity contribution < 1.29 is 9.18 Å². The fourth-order valence-corrected chi connectivity index (χ4v) is 2.19. The number of amides is 1. The molecule has 2 aromatic rings. The molecule has 1 aromatic heterocycles. The van der Waals surface area contributed by atoms with Crippen LogP contribution in [0, 0.1) is 18.7 Å². The van der Waals surface area contributed by atoms with E-state index in [1.54, 1.807) is 12.1 Å². The molecule has 0 radical (unpaired) electrons. The highest BCUT2D eigenvalue weighted by atomic mass is 19.1. The lowest BCUT2D eigenvalue weighted by Gasteiger charge is -2.07. The van der Waals surface area contributed by atoms with Crippen molar-refractivity contribution in [2.45, 2.75) is 27.2 Å². The molecule has 0 bridgehead atoms. The van der Waals surface area contributed by atoms with Crippen LogP contribution in [-0.4, -0.2) is 17.4 Å². The van der Waals surface area contributed by atoms with Crippen molar-refractivity contribution in [3.63, 3.8) is 0 Å². The van der Waals surface area contributed by atoms with Gasteiger partial charge in [0.05, 0.1) is 0 Å². The van der Waals surface area contributed by atoms with Gasteiger partial charge in [-0.3, -0.25) is 4.79 Å². The molecule has 102 valence electrons. The summed E-state index contributed by atoms with van der Waals surface area (Å²) in [7, 11) is 0. The Morgan fingerprint density at radius 3 is 2.84 bits per heavy atom. The first-order valence-electron chi connectivity index (χ1n) is 6.53. The highest BCUT2D eigenvalue weighted by Gasteiger charge is 2.10. The van der Waals surface area contributed by atoms with Crippen molar-refractivity contribution in [2.75, 3.05) is 6.54 Å². The molecular weight excluding hydrogens is 243 g/mol.